The third kappa shape index (κ3) is 1.52. The molecule has 3 rings (SSSR count). The van der Waals surface area contributed by atoms with Crippen molar-refractivity contribution in [2.24, 2.45) is 12.8 Å². The Bertz CT molecular complexity index is 768. The quantitative estimate of drug-likeness (QED) is 0.712. The summed E-state index contributed by atoms with van der Waals surface area (Å²) in [4.78, 5) is 15.5. The molecule has 2 aromatic heterocycles. The Kier molecular flexibility index (Phi) is 2.27. The second-order valence-corrected chi connectivity index (χ2v) is 3.83. The van der Waals surface area contributed by atoms with Gasteiger partial charge in [0.2, 0.25) is 11.7 Å². The summed E-state index contributed by atoms with van der Waals surface area (Å²) < 4.78 is 11.4. The van der Waals surface area contributed by atoms with Gasteiger partial charge in [0.25, 0.3) is 0 Å². The first-order chi connectivity index (χ1) is 8.69. The third-order valence-corrected chi connectivity index (χ3v) is 2.69. The van der Waals surface area contributed by atoms with Gasteiger partial charge in [-0.25, -0.2) is 4.79 Å². The average Bonchev–Trinajstić information content (AvgIpc) is 2.96. The zero-order valence-electron chi connectivity index (χ0n) is 9.58. The number of hydrogen-bond donors (Lipinski definition) is 1. The van der Waals surface area contributed by atoms with Crippen molar-refractivity contribution >= 4 is 11.1 Å². The molecule has 18 heavy (non-hydrogen) atoms. The summed E-state index contributed by atoms with van der Waals surface area (Å²) in [5, 5.41) is 3.82. The van der Waals surface area contributed by atoms with E-state index >= 15 is 0 Å². The molecule has 0 unspecified atom stereocenters. The predicted molar refractivity (Wildman–Crippen MR) is 62.6 cm³/mol. The van der Waals surface area contributed by atoms with Crippen LogP contribution in [0.25, 0.3) is 22.5 Å². The van der Waals surface area contributed by atoms with Crippen LogP contribution in [0.15, 0.2) is 31.9 Å². The van der Waals surface area contributed by atoms with Crippen LogP contribution in [0.1, 0.15) is 5.89 Å². The minimum absolute atomic E-state index is 0.194. The number of nitrogens with two attached hydrogens (primary N) is 1. The molecule has 92 valence electrons. The van der Waals surface area contributed by atoms with Crippen molar-refractivity contribution < 1.29 is 8.94 Å². The number of aromatic nitrogens is 3. The molecule has 0 fully saturated rings. The second-order valence-electron chi connectivity index (χ2n) is 3.83. The van der Waals surface area contributed by atoms with E-state index in [1.165, 1.54) is 4.57 Å². The van der Waals surface area contributed by atoms with Gasteiger partial charge in [0.05, 0.1) is 12.1 Å². The Balaban J connectivity index is 2.18. The first kappa shape index (κ1) is 10.7. The maximum atomic E-state index is 11.4. The summed E-state index contributed by atoms with van der Waals surface area (Å²) >= 11 is 0. The second kappa shape index (κ2) is 3.81. The summed E-state index contributed by atoms with van der Waals surface area (Å²) in [7, 11) is 1.64. The molecule has 3 aromatic rings. The molecule has 0 atom stereocenters. The molecule has 0 saturated heterocycles. The van der Waals surface area contributed by atoms with Gasteiger partial charge in [-0.05, 0) is 18.2 Å². The van der Waals surface area contributed by atoms with E-state index in [1.807, 2.05) is 0 Å². The molecule has 7 heteroatoms. The maximum absolute atomic E-state index is 11.4. The number of oxazole rings is 1. The van der Waals surface area contributed by atoms with Crippen molar-refractivity contribution in [3.8, 4) is 11.4 Å². The Labute approximate surface area is 101 Å². The fraction of sp³-hybridized carbons (Fsp3) is 0.182. The van der Waals surface area contributed by atoms with Crippen molar-refractivity contribution in [2.45, 2.75) is 6.54 Å². The SMILES string of the molecule is Cn1c(=O)oc2ccc(-c3noc(CN)n3)cc21. The van der Waals surface area contributed by atoms with Gasteiger partial charge in [0.1, 0.15) is 0 Å². The van der Waals surface area contributed by atoms with E-state index < -0.39 is 5.76 Å². The average molecular weight is 246 g/mol. The topological polar surface area (TPSA) is 100 Å². The minimum atomic E-state index is -0.405. The molecule has 0 aliphatic carbocycles. The molecule has 2 N–H and O–H groups in total. The Morgan fingerprint density at radius 3 is 3.00 bits per heavy atom. The number of benzene rings is 1. The van der Waals surface area contributed by atoms with Gasteiger partial charge in [0.15, 0.2) is 5.58 Å². The molecule has 0 saturated carbocycles. The Morgan fingerprint density at radius 1 is 1.44 bits per heavy atom. The summed E-state index contributed by atoms with van der Waals surface area (Å²) in [6.45, 7) is 0.194. The van der Waals surface area contributed by atoms with Crippen LogP contribution >= 0.6 is 0 Å². The zero-order valence-corrected chi connectivity index (χ0v) is 9.58. The number of rotatable bonds is 2. The highest BCUT2D eigenvalue weighted by atomic mass is 16.5. The lowest BCUT2D eigenvalue weighted by atomic mass is 10.2. The van der Waals surface area contributed by atoms with Crippen LogP contribution in [0.5, 0.6) is 0 Å². The van der Waals surface area contributed by atoms with E-state index in [0.717, 1.165) is 5.56 Å². The van der Waals surface area contributed by atoms with Gasteiger partial charge in [-0.15, -0.1) is 0 Å². The summed E-state index contributed by atoms with van der Waals surface area (Å²) in [5.41, 5.74) is 7.34. The maximum Gasteiger partial charge on any atom is 0.419 e. The van der Waals surface area contributed by atoms with Crippen molar-refractivity contribution in [1.29, 1.82) is 0 Å². The lowest BCUT2D eigenvalue weighted by Crippen LogP contribution is -2.08. The van der Waals surface area contributed by atoms with Crippen LogP contribution in [0, 0.1) is 0 Å². The molecule has 0 spiro atoms. The Hall–Kier alpha value is -2.41. The number of nitrogens with zero attached hydrogens (tertiary/aromatic N) is 3. The highest BCUT2D eigenvalue weighted by Gasteiger charge is 2.11. The van der Waals surface area contributed by atoms with E-state index in [1.54, 1.807) is 25.2 Å². The van der Waals surface area contributed by atoms with Crippen molar-refractivity contribution in [1.82, 2.24) is 14.7 Å². The van der Waals surface area contributed by atoms with Gasteiger partial charge in [-0.1, -0.05) is 5.16 Å². The van der Waals surface area contributed by atoms with E-state index in [0.29, 0.717) is 22.8 Å². The molecule has 0 amide bonds. The van der Waals surface area contributed by atoms with Gasteiger partial charge in [0, 0.05) is 12.6 Å². The van der Waals surface area contributed by atoms with Crippen LogP contribution in [0.4, 0.5) is 0 Å². The smallest absolute Gasteiger partial charge is 0.408 e. The molecular formula is C11H10N4O3. The molecular weight excluding hydrogens is 236 g/mol. The molecule has 0 aliphatic heterocycles. The van der Waals surface area contributed by atoms with E-state index in [2.05, 4.69) is 10.1 Å². The van der Waals surface area contributed by atoms with Crippen LogP contribution < -0.4 is 11.5 Å². The summed E-state index contributed by atoms with van der Waals surface area (Å²) in [6.07, 6.45) is 0. The van der Waals surface area contributed by atoms with Crippen LogP contribution in [-0.4, -0.2) is 14.7 Å². The van der Waals surface area contributed by atoms with Crippen molar-refractivity contribution in [3.63, 3.8) is 0 Å². The Morgan fingerprint density at radius 2 is 2.28 bits per heavy atom. The highest BCUT2D eigenvalue weighted by molar-refractivity contribution is 5.78. The molecule has 2 heterocycles. The lowest BCUT2D eigenvalue weighted by Gasteiger charge is -1.95. The molecule has 0 bridgehead atoms. The largest absolute Gasteiger partial charge is 0.419 e. The van der Waals surface area contributed by atoms with E-state index in [4.69, 9.17) is 14.7 Å². The molecule has 7 nitrogen and oxygen atoms in total. The summed E-state index contributed by atoms with van der Waals surface area (Å²) in [6, 6.07) is 5.23. The third-order valence-electron chi connectivity index (χ3n) is 2.69. The number of hydrogen-bond acceptors (Lipinski definition) is 6. The first-order valence-electron chi connectivity index (χ1n) is 5.31. The minimum Gasteiger partial charge on any atom is -0.408 e. The van der Waals surface area contributed by atoms with Crippen LogP contribution in [0.3, 0.4) is 0 Å². The van der Waals surface area contributed by atoms with E-state index in [-0.39, 0.29) is 6.54 Å². The van der Waals surface area contributed by atoms with Gasteiger partial charge >= 0.3 is 5.76 Å². The standard InChI is InChI=1S/C11H10N4O3/c1-15-7-4-6(2-3-8(7)17-11(15)16)10-13-9(5-12)18-14-10/h2-4H,5,12H2,1H3. The lowest BCUT2D eigenvalue weighted by molar-refractivity contribution is 0.380. The monoisotopic (exact) mass is 246 g/mol. The van der Waals surface area contributed by atoms with Crippen molar-refractivity contribution in [3.05, 3.63) is 34.6 Å². The van der Waals surface area contributed by atoms with Gasteiger partial charge in [-0.3, -0.25) is 4.57 Å². The number of aryl methyl sites for hydroxylation is 1. The predicted octanol–water partition coefficient (Wildman–Crippen LogP) is 0.640. The molecule has 1 aromatic carbocycles. The number of fused-ring (bicyclic) bond motifs is 1. The van der Waals surface area contributed by atoms with Crippen molar-refractivity contribution in [2.75, 3.05) is 0 Å². The normalized spacial score (nSPS) is 11.2. The molecule has 0 aliphatic rings. The first-order valence-corrected chi connectivity index (χ1v) is 5.31. The van der Waals surface area contributed by atoms with Gasteiger partial charge < -0.3 is 14.7 Å². The molecule has 0 radical (unpaired) electrons. The van der Waals surface area contributed by atoms with E-state index in [9.17, 15) is 4.79 Å². The zero-order chi connectivity index (χ0) is 12.7. The fourth-order valence-electron chi connectivity index (χ4n) is 1.72. The highest BCUT2D eigenvalue weighted by Crippen LogP contribution is 2.21. The van der Waals surface area contributed by atoms with Crippen LogP contribution in [-0.2, 0) is 13.6 Å². The summed E-state index contributed by atoms with van der Waals surface area (Å²) in [5.74, 6) is 0.398. The fourth-order valence-corrected chi connectivity index (χ4v) is 1.72. The van der Waals surface area contributed by atoms with Gasteiger partial charge in [-0.2, -0.15) is 4.98 Å². The van der Waals surface area contributed by atoms with Crippen LogP contribution in [0.2, 0.25) is 0 Å².